The van der Waals surface area contributed by atoms with Crippen LogP contribution in [0.2, 0.25) is 0 Å². The Bertz CT molecular complexity index is 897. The van der Waals surface area contributed by atoms with Crippen molar-refractivity contribution >= 4 is 15.7 Å². The first kappa shape index (κ1) is 21.6. The predicted molar refractivity (Wildman–Crippen MR) is 106 cm³/mol. The van der Waals surface area contributed by atoms with Crippen LogP contribution in [0, 0.1) is 6.92 Å². The van der Waals surface area contributed by atoms with E-state index >= 15 is 0 Å². The average molecular weight is 407 g/mol. The van der Waals surface area contributed by atoms with Crippen LogP contribution in [0.5, 0.6) is 17.2 Å². The maximum absolute atomic E-state index is 12.3. The summed E-state index contributed by atoms with van der Waals surface area (Å²) in [6, 6.07) is 10.0. The Morgan fingerprint density at radius 2 is 1.54 bits per heavy atom. The standard InChI is InChI=1S/C20H25NO6S/c1-14-5-7-16(8-6-14)28(23,24)10-9-19(22)21-13-15-11-17(25-2)20(27-4)18(12-15)26-3/h5-8,11-12H,9-10,13H2,1-4H3,(H,21,22). The van der Waals surface area contributed by atoms with Gasteiger partial charge in [0.15, 0.2) is 21.3 Å². The fraction of sp³-hybridized carbons (Fsp3) is 0.350. The molecule has 28 heavy (non-hydrogen) atoms. The molecule has 0 fully saturated rings. The van der Waals surface area contributed by atoms with Gasteiger partial charge in [-0.2, -0.15) is 0 Å². The van der Waals surface area contributed by atoms with Gasteiger partial charge in [-0.25, -0.2) is 8.42 Å². The minimum absolute atomic E-state index is 0.124. The molecule has 0 aromatic heterocycles. The van der Waals surface area contributed by atoms with E-state index < -0.39 is 9.84 Å². The molecule has 152 valence electrons. The molecule has 0 spiro atoms. The van der Waals surface area contributed by atoms with Gasteiger partial charge in [0.2, 0.25) is 11.7 Å². The van der Waals surface area contributed by atoms with E-state index in [1.165, 1.54) is 21.3 Å². The maximum Gasteiger partial charge on any atom is 0.221 e. The third-order valence-corrected chi connectivity index (χ3v) is 5.92. The lowest BCUT2D eigenvalue weighted by molar-refractivity contribution is -0.120. The smallest absolute Gasteiger partial charge is 0.221 e. The second kappa shape index (κ2) is 9.45. The molecule has 0 saturated heterocycles. The minimum Gasteiger partial charge on any atom is -0.493 e. The average Bonchev–Trinajstić information content (AvgIpc) is 2.70. The summed E-state index contributed by atoms with van der Waals surface area (Å²) >= 11 is 0. The van der Waals surface area contributed by atoms with Crippen molar-refractivity contribution < 1.29 is 27.4 Å². The largest absolute Gasteiger partial charge is 0.493 e. The summed E-state index contributed by atoms with van der Waals surface area (Å²) < 4.78 is 40.5. The summed E-state index contributed by atoms with van der Waals surface area (Å²) in [6.45, 7) is 2.09. The predicted octanol–water partition coefficient (Wildman–Crippen LogP) is 2.50. The number of benzene rings is 2. The molecule has 0 aliphatic rings. The molecule has 0 saturated carbocycles. The molecule has 2 aromatic carbocycles. The molecule has 0 aliphatic carbocycles. The van der Waals surface area contributed by atoms with E-state index in [1.54, 1.807) is 36.4 Å². The SMILES string of the molecule is COc1cc(CNC(=O)CCS(=O)(=O)c2ccc(C)cc2)cc(OC)c1OC. The molecule has 1 amide bonds. The van der Waals surface area contributed by atoms with Gasteiger partial charge in [-0.1, -0.05) is 17.7 Å². The zero-order chi connectivity index (χ0) is 20.7. The quantitative estimate of drug-likeness (QED) is 0.687. The summed E-state index contributed by atoms with van der Waals surface area (Å²) in [4.78, 5) is 12.3. The number of amides is 1. The fourth-order valence-electron chi connectivity index (χ4n) is 2.62. The highest BCUT2D eigenvalue weighted by Crippen LogP contribution is 2.38. The van der Waals surface area contributed by atoms with Crippen molar-refractivity contribution in [3.05, 3.63) is 47.5 Å². The van der Waals surface area contributed by atoms with Crippen molar-refractivity contribution in [3.8, 4) is 17.2 Å². The molecule has 0 radical (unpaired) electrons. The van der Waals surface area contributed by atoms with Gasteiger partial charge in [0, 0.05) is 13.0 Å². The van der Waals surface area contributed by atoms with E-state index in [-0.39, 0.29) is 29.5 Å². The second-order valence-electron chi connectivity index (χ2n) is 6.19. The van der Waals surface area contributed by atoms with Gasteiger partial charge in [-0.3, -0.25) is 4.79 Å². The first-order chi connectivity index (χ1) is 13.3. The Labute approximate surface area is 165 Å². The normalized spacial score (nSPS) is 11.0. The third-order valence-electron chi connectivity index (χ3n) is 4.19. The van der Waals surface area contributed by atoms with E-state index in [0.29, 0.717) is 17.2 Å². The first-order valence-corrected chi connectivity index (χ1v) is 10.3. The molecule has 8 heteroatoms. The molecule has 0 bridgehead atoms. The number of rotatable bonds is 9. The monoisotopic (exact) mass is 407 g/mol. The lowest BCUT2D eigenvalue weighted by Gasteiger charge is -2.14. The topological polar surface area (TPSA) is 90.9 Å². The van der Waals surface area contributed by atoms with Crippen molar-refractivity contribution in [2.75, 3.05) is 27.1 Å². The highest BCUT2D eigenvalue weighted by atomic mass is 32.2. The van der Waals surface area contributed by atoms with Crippen molar-refractivity contribution in [2.24, 2.45) is 0 Å². The lowest BCUT2D eigenvalue weighted by Crippen LogP contribution is -2.25. The number of aryl methyl sites for hydroxylation is 1. The number of hydrogen-bond donors (Lipinski definition) is 1. The first-order valence-electron chi connectivity index (χ1n) is 8.65. The van der Waals surface area contributed by atoms with Crippen LogP contribution in [0.4, 0.5) is 0 Å². The van der Waals surface area contributed by atoms with Gasteiger partial charge < -0.3 is 19.5 Å². The molecular formula is C20H25NO6S. The number of ether oxygens (including phenoxy) is 3. The number of nitrogens with one attached hydrogen (secondary N) is 1. The number of carbonyl (C=O) groups is 1. The van der Waals surface area contributed by atoms with Gasteiger partial charge in [0.25, 0.3) is 0 Å². The highest BCUT2D eigenvalue weighted by molar-refractivity contribution is 7.91. The summed E-state index contributed by atoms with van der Waals surface area (Å²) in [5.74, 6) is 0.812. The van der Waals surface area contributed by atoms with Crippen LogP contribution in [-0.2, 0) is 21.2 Å². The Balaban J connectivity index is 1.98. The van der Waals surface area contributed by atoms with E-state index in [2.05, 4.69) is 5.32 Å². The molecule has 0 aliphatic heterocycles. The van der Waals surface area contributed by atoms with Crippen LogP contribution in [0.15, 0.2) is 41.3 Å². The Kier molecular flexibility index (Phi) is 7.28. The molecule has 0 heterocycles. The van der Waals surface area contributed by atoms with Gasteiger partial charge in [0.05, 0.1) is 32.0 Å². The van der Waals surface area contributed by atoms with Crippen LogP contribution in [0.3, 0.4) is 0 Å². The molecular weight excluding hydrogens is 382 g/mol. The van der Waals surface area contributed by atoms with Crippen molar-refractivity contribution in [1.29, 1.82) is 0 Å². The molecule has 1 N–H and O–H groups in total. The fourth-order valence-corrected chi connectivity index (χ4v) is 3.86. The zero-order valence-electron chi connectivity index (χ0n) is 16.4. The van der Waals surface area contributed by atoms with E-state index in [4.69, 9.17) is 14.2 Å². The van der Waals surface area contributed by atoms with Crippen molar-refractivity contribution in [1.82, 2.24) is 5.32 Å². The second-order valence-corrected chi connectivity index (χ2v) is 8.30. The lowest BCUT2D eigenvalue weighted by atomic mass is 10.1. The zero-order valence-corrected chi connectivity index (χ0v) is 17.3. The third kappa shape index (κ3) is 5.39. The molecule has 2 rings (SSSR count). The van der Waals surface area contributed by atoms with E-state index in [9.17, 15) is 13.2 Å². The van der Waals surface area contributed by atoms with E-state index in [0.717, 1.165) is 11.1 Å². The summed E-state index contributed by atoms with van der Waals surface area (Å²) in [7, 11) is 1.03. The molecule has 2 aromatic rings. The number of hydrogen-bond acceptors (Lipinski definition) is 6. The highest BCUT2D eigenvalue weighted by Gasteiger charge is 2.17. The van der Waals surface area contributed by atoms with Gasteiger partial charge in [-0.05, 0) is 36.8 Å². The molecule has 7 nitrogen and oxygen atoms in total. The van der Waals surface area contributed by atoms with Crippen LogP contribution in [-0.4, -0.2) is 41.4 Å². The van der Waals surface area contributed by atoms with Crippen LogP contribution in [0.25, 0.3) is 0 Å². The summed E-state index contributed by atoms with van der Waals surface area (Å²) in [6.07, 6.45) is -0.124. The maximum atomic E-state index is 12.3. The Hall–Kier alpha value is -2.74. The minimum atomic E-state index is -3.50. The molecule has 0 atom stereocenters. The Morgan fingerprint density at radius 3 is 2.04 bits per heavy atom. The Morgan fingerprint density at radius 1 is 0.964 bits per heavy atom. The number of methoxy groups -OCH3 is 3. The van der Waals surface area contributed by atoms with Gasteiger partial charge in [-0.15, -0.1) is 0 Å². The van der Waals surface area contributed by atoms with E-state index in [1.807, 2.05) is 6.92 Å². The van der Waals surface area contributed by atoms with Gasteiger partial charge >= 0.3 is 0 Å². The number of carbonyl (C=O) groups excluding carboxylic acids is 1. The van der Waals surface area contributed by atoms with Crippen molar-refractivity contribution in [3.63, 3.8) is 0 Å². The van der Waals surface area contributed by atoms with Crippen LogP contribution in [0.1, 0.15) is 17.5 Å². The van der Waals surface area contributed by atoms with Crippen LogP contribution >= 0.6 is 0 Å². The van der Waals surface area contributed by atoms with Crippen molar-refractivity contribution in [2.45, 2.75) is 24.8 Å². The number of sulfone groups is 1. The van der Waals surface area contributed by atoms with Crippen LogP contribution < -0.4 is 19.5 Å². The molecule has 0 unspecified atom stereocenters. The summed E-state index contributed by atoms with van der Waals surface area (Å²) in [5, 5.41) is 2.72. The summed E-state index contributed by atoms with van der Waals surface area (Å²) in [5.41, 5.74) is 1.71. The van der Waals surface area contributed by atoms with Gasteiger partial charge in [0.1, 0.15) is 0 Å².